The van der Waals surface area contributed by atoms with Gasteiger partial charge in [-0.25, -0.2) is 0 Å². The van der Waals surface area contributed by atoms with Gasteiger partial charge in [0.15, 0.2) is 0 Å². The standard InChI is InChI=1S/C16H24N2OS/c1-2-14-11-18(6-8-20-14)15(10-17)12-3-4-16-13(9-12)5-7-19-16/h3-4,9,14-15H,2,5-8,10-11,17H2,1H3. The maximum absolute atomic E-state index is 6.09. The molecular formula is C16H24N2OS. The largest absolute Gasteiger partial charge is 0.493 e. The van der Waals surface area contributed by atoms with E-state index in [4.69, 9.17) is 10.5 Å². The van der Waals surface area contributed by atoms with E-state index in [1.807, 2.05) is 0 Å². The Morgan fingerprint density at radius 1 is 1.50 bits per heavy atom. The summed E-state index contributed by atoms with van der Waals surface area (Å²) in [6.45, 7) is 6.11. The molecule has 2 aliphatic heterocycles. The third-order valence-electron chi connectivity index (χ3n) is 4.39. The van der Waals surface area contributed by atoms with Crippen molar-refractivity contribution in [1.29, 1.82) is 0 Å². The molecule has 1 fully saturated rings. The molecule has 0 aromatic heterocycles. The maximum atomic E-state index is 6.09. The third-order valence-corrected chi connectivity index (χ3v) is 5.76. The van der Waals surface area contributed by atoms with Crippen LogP contribution in [-0.4, -0.2) is 42.1 Å². The third kappa shape index (κ3) is 2.83. The Kier molecular flexibility index (Phi) is 4.54. The first-order valence-corrected chi connectivity index (χ1v) is 8.68. The summed E-state index contributed by atoms with van der Waals surface area (Å²) in [5.41, 5.74) is 8.79. The molecule has 0 amide bonds. The number of hydrogen-bond acceptors (Lipinski definition) is 4. The van der Waals surface area contributed by atoms with E-state index in [0.717, 1.165) is 37.1 Å². The monoisotopic (exact) mass is 292 g/mol. The first kappa shape index (κ1) is 14.2. The minimum absolute atomic E-state index is 0.357. The van der Waals surface area contributed by atoms with Gasteiger partial charge < -0.3 is 10.5 Å². The van der Waals surface area contributed by atoms with Crippen LogP contribution in [0.1, 0.15) is 30.5 Å². The smallest absolute Gasteiger partial charge is 0.122 e. The molecule has 0 bridgehead atoms. The summed E-state index contributed by atoms with van der Waals surface area (Å²) in [6, 6.07) is 6.99. The molecule has 0 aliphatic carbocycles. The Bertz CT molecular complexity index is 466. The Morgan fingerprint density at radius 3 is 3.20 bits per heavy atom. The molecule has 2 heterocycles. The van der Waals surface area contributed by atoms with E-state index >= 15 is 0 Å². The van der Waals surface area contributed by atoms with Crippen molar-refractivity contribution in [2.75, 3.05) is 32.0 Å². The second-order valence-corrected chi connectivity index (χ2v) is 7.02. The minimum Gasteiger partial charge on any atom is -0.493 e. The van der Waals surface area contributed by atoms with Gasteiger partial charge in [0.25, 0.3) is 0 Å². The van der Waals surface area contributed by atoms with Crippen molar-refractivity contribution in [2.45, 2.75) is 31.1 Å². The molecule has 0 saturated carbocycles. The van der Waals surface area contributed by atoms with Crippen molar-refractivity contribution in [3.8, 4) is 5.75 Å². The predicted octanol–water partition coefficient (Wildman–Crippen LogP) is 2.45. The highest BCUT2D eigenvalue weighted by atomic mass is 32.2. The van der Waals surface area contributed by atoms with E-state index in [2.05, 4.69) is 41.8 Å². The van der Waals surface area contributed by atoms with Crippen molar-refractivity contribution >= 4 is 11.8 Å². The zero-order valence-electron chi connectivity index (χ0n) is 12.2. The quantitative estimate of drug-likeness (QED) is 0.925. The molecular weight excluding hydrogens is 268 g/mol. The predicted molar refractivity (Wildman–Crippen MR) is 85.5 cm³/mol. The van der Waals surface area contributed by atoms with Crippen LogP contribution in [-0.2, 0) is 6.42 Å². The summed E-state index contributed by atoms with van der Waals surface area (Å²) in [5.74, 6) is 2.29. The molecule has 2 unspecified atom stereocenters. The second-order valence-electron chi connectivity index (χ2n) is 5.61. The summed E-state index contributed by atoms with van der Waals surface area (Å²) in [6.07, 6.45) is 2.28. The Hall–Kier alpha value is -0.710. The molecule has 1 saturated heterocycles. The molecule has 20 heavy (non-hydrogen) atoms. The summed E-state index contributed by atoms with van der Waals surface area (Å²) in [4.78, 5) is 2.57. The van der Waals surface area contributed by atoms with Crippen LogP contribution in [0.4, 0.5) is 0 Å². The molecule has 3 rings (SSSR count). The zero-order chi connectivity index (χ0) is 13.9. The minimum atomic E-state index is 0.357. The van der Waals surface area contributed by atoms with Crippen LogP contribution in [0.3, 0.4) is 0 Å². The van der Waals surface area contributed by atoms with Gasteiger partial charge in [-0.3, -0.25) is 4.90 Å². The number of thioether (sulfide) groups is 1. The molecule has 2 atom stereocenters. The lowest BCUT2D eigenvalue weighted by Crippen LogP contribution is -2.42. The number of ether oxygens (including phenoxy) is 1. The van der Waals surface area contributed by atoms with Crippen molar-refractivity contribution in [3.05, 3.63) is 29.3 Å². The van der Waals surface area contributed by atoms with Gasteiger partial charge in [0.05, 0.1) is 6.61 Å². The van der Waals surface area contributed by atoms with Gasteiger partial charge >= 0.3 is 0 Å². The fourth-order valence-corrected chi connectivity index (χ4v) is 4.39. The van der Waals surface area contributed by atoms with Gasteiger partial charge in [0.1, 0.15) is 5.75 Å². The van der Waals surface area contributed by atoms with E-state index in [1.165, 1.54) is 23.3 Å². The van der Waals surface area contributed by atoms with Crippen molar-refractivity contribution < 1.29 is 4.74 Å². The average Bonchev–Trinajstić information content (AvgIpc) is 2.96. The normalized spacial score (nSPS) is 24.2. The van der Waals surface area contributed by atoms with Crippen LogP contribution in [0.2, 0.25) is 0 Å². The molecule has 110 valence electrons. The summed E-state index contributed by atoms with van der Waals surface area (Å²) >= 11 is 2.11. The number of fused-ring (bicyclic) bond motifs is 1. The van der Waals surface area contributed by atoms with E-state index in [1.54, 1.807) is 0 Å². The second kappa shape index (κ2) is 6.37. The highest BCUT2D eigenvalue weighted by molar-refractivity contribution is 8.00. The summed E-state index contributed by atoms with van der Waals surface area (Å²) < 4.78 is 5.60. The lowest BCUT2D eigenvalue weighted by molar-refractivity contribution is 0.207. The molecule has 3 nitrogen and oxygen atoms in total. The van der Waals surface area contributed by atoms with Crippen LogP contribution >= 0.6 is 11.8 Å². The van der Waals surface area contributed by atoms with Crippen LogP contribution in [0, 0.1) is 0 Å². The molecule has 0 spiro atoms. The fourth-order valence-electron chi connectivity index (χ4n) is 3.18. The van der Waals surface area contributed by atoms with Gasteiger partial charge in [-0.2, -0.15) is 11.8 Å². The molecule has 1 aromatic carbocycles. The Balaban J connectivity index is 1.78. The lowest BCUT2D eigenvalue weighted by Gasteiger charge is -2.37. The summed E-state index contributed by atoms with van der Waals surface area (Å²) in [7, 11) is 0. The van der Waals surface area contributed by atoms with Gasteiger partial charge in [0.2, 0.25) is 0 Å². The number of benzene rings is 1. The van der Waals surface area contributed by atoms with Crippen molar-refractivity contribution in [3.63, 3.8) is 0 Å². The zero-order valence-corrected chi connectivity index (χ0v) is 13.0. The highest BCUT2D eigenvalue weighted by Crippen LogP contribution is 2.32. The molecule has 4 heteroatoms. The Labute approximate surface area is 125 Å². The van der Waals surface area contributed by atoms with Crippen LogP contribution in [0.5, 0.6) is 5.75 Å². The van der Waals surface area contributed by atoms with Crippen molar-refractivity contribution in [2.24, 2.45) is 5.73 Å². The molecule has 2 N–H and O–H groups in total. The van der Waals surface area contributed by atoms with Crippen molar-refractivity contribution in [1.82, 2.24) is 4.90 Å². The summed E-state index contributed by atoms with van der Waals surface area (Å²) in [5, 5.41) is 0.760. The van der Waals surface area contributed by atoms with Crippen LogP contribution in [0.25, 0.3) is 0 Å². The lowest BCUT2D eigenvalue weighted by atomic mass is 10.0. The number of rotatable bonds is 4. The van der Waals surface area contributed by atoms with Crippen LogP contribution < -0.4 is 10.5 Å². The van der Waals surface area contributed by atoms with Gasteiger partial charge in [-0.1, -0.05) is 19.1 Å². The van der Waals surface area contributed by atoms with Gasteiger partial charge in [-0.15, -0.1) is 0 Å². The van der Waals surface area contributed by atoms with E-state index < -0.39 is 0 Å². The van der Waals surface area contributed by atoms with E-state index in [0.29, 0.717) is 12.6 Å². The SMILES string of the molecule is CCC1CN(C(CN)c2ccc3c(c2)CCO3)CCS1. The topological polar surface area (TPSA) is 38.5 Å². The first-order valence-electron chi connectivity index (χ1n) is 7.63. The van der Waals surface area contributed by atoms with Gasteiger partial charge in [-0.05, 0) is 23.6 Å². The van der Waals surface area contributed by atoms with Gasteiger partial charge in [0, 0.05) is 43.1 Å². The fraction of sp³-hybridized carbons (Fsp3) is 0.625. The first-order chi connectivity index (χ1) is 9.81. The average molecular weight is 292 g/mol. The maximum Gasteiger partial charge on any atom is 0.122 e. The molecule has 2 aliphatic rings. The number of nitrogens with zero attached hydrogens (tertiary/aromatic N) is 1. The Morgan fingerprint density at radius 2 is 2.40 bits per heavy atom. The molecule has 1 aromatic rings. The van der Waals surface area contributed by atoms with E-state index in [-0.39, 0.29) is 0 Å². The van der Waals surface area contributed by atoms with E-state index in [9.17, 15) is 0 Å². The molecule has 0 radical (unpaired) electrons. The highest BCUT2D eigenvalue weighted by Gasteiger charge is 2.26. The number of hydrogen-bond donors (Lipinski definition) is 1. The number of nitrogens with two attached hydrogens (primary N) is 1. The van der Waals surface area contributed by atoms with Crippen LogP contribution in [0.15, 0.2) is 18.2 Å².